The van der Waals surface area contributed by atoms with Gasteiger partial charge in [0, 0.05) is 6.92 Å². The summed E-state index contributed by atoms with van der Waals surface area (Å²) in [5.41, 5.74) is 3.11. The normalized spacial score (nSPS) is 22.9. The summed E-state index contributed by atoms with van der Waals surface area (Å²) in [5.74, 6) is 0.0408. The molecule has 1 aromatic rings. The summed E-state index contributed by atoms with van der Waals surface area (Å²) in [4.78, 5) is 15.5. The van der Waals surface area contributed by atoms with Gasteiger partial charge in [0.05, 0.1) is 0 Å². The molecule has 0 saturated heterocycles. The molecule has 0 aromatic heterocycles. The molecular weight excluding hydrogens is 226 g/mol. The predicted octanol–water partition coefficient (Wildman–Crippen LogP) is 3.05. The predicted molar refractivity (Wildman–Crippen MR) is 70.2 cm³/mol. The van der Waals surface area contributed by atoms with Crippen molar-refractivity contribution in [1.29, 1.82) is 0 Å². The van der Waals surface area contributed by atoms with Gasteiger partial charge in [-0.15, -0.1) is 0 Å². The second kappa shape index (κ2) is 3.80. The zero-order valence-corrected chi connectivity index (χ0v) is 10.6. The summed E-state index contributed by atoms with van der Waals surface area (Å²) >= 11 is 0. The van der Waals surface area contributed by atoms with Crippen molar-refractivity contribution in [2.45, 2.75) is 32.1 Å². The van der Waals surface area contributed by atoms with E-state index in [1.54, 1.807) is 13.0 Å². The van der Waals surface area contributed by atoms with E-state index in [2.05, 4.69) is 24.0 Å². The average molecular weight is 241 g/mol. The van der Waals surface area contributed by atoms with Crippen LogP contribution in [0.2, 0.25) is 0 Å². The molecule has 1 aliphatic heterocycles. The standard InChI is InChI=1S/C15H15NO2/c1-10-16-13(14(17)18-10)9-11-3-5-12(6-4-11)15(2)7-8-15/h3-6,9H,7-8H2,1-2H3/b13-9-. The molecule has 92 valence electrons. The van der Waals surface area contributed by atoms with E-state index in [-0.39, 0.29) is 5.97 Å². The number of hydrogen-bond donors (Lipinski definition) is 0. The summed E-state index contributed by atoms with van der Waals surface area (Å²) in [7, 11) is 0. The monoisotopic (exact) mass is 241 g/mol. The minimum absolute atomic E-state index is 0.370. The van der Waals surface area contributed by atoms with Crippen molar-refractivity contribution in [3.05, 3.63) is 41.1 Å². The van der Waals surface area contributed by atoms with Gasteiger partial charge >= 0.3 is 5.97 Å². The molecule has 3 rings (SSSR count). The topological polar surface area (TPSA) is 38.7 Å². The highest BCUT2D eigenvalue weighted by Crippen LogP contribution is 2.47. The Bertz CT molecular complexity index is 563. The first-order valence-corrected chi connectivity index (χ1v) is 6.17. The molecule has 1 heterocycles. The van der Waals surface area contributed by atoms with Crippen LogP contribution in [0.1, 0.15) is 37.8 Å². The molecule has 3 heteroatoms. The van der Waals surface area contributed by atoms with E-state index in [0.717, 1.165) is 5.56 Å². The lowest BCUT2D eigenvalue weighted by Gasteiger charge is -2.08. The lowest BCUT2D eigenvalue weighted by molar-refractivity contribution is -0.130. The average Bonchev–Trinajstić information content (AvgIpc) is 3.00. The van der Waals surface area contributed by atoms with Gasteiger partial charge in [-0.25, -0.2) is 9.79 Å². The van der Waals surface area contributed by atoms with Crippen molar-refractivity contribution in [3.63, 3.8) is 0 Å². The van der Waals surface area contributed by atoms with Crippen molar-refractivity contribution in [1.82, 2.24) is 0 Å². The number of benzene rings is 1. The summed E-state index contributed by atoms with van der Waals surface area (Å²) in [6.45, 7) is 3.96. The third-order valence-electron chi connectivity index (χ3n) is 3.64. The van der Waals surface area contributed by atoms with Gasteiger partial charge in [0.2, 0.25) is 0 Å². The van der Waals surface area contributed by atoms with Crippen LogP contribution in [-0.4, -0.2) is 11.9 Å². The number of carbonyl (C=O) groups is 1. The van der Waals surface area contributed by atoms with Crippen LogP contribution in [0.4, 0.5) is 0 Å². The van der Waals surface area contributed by atoms with E-state index in [9.17, 15) is 4.79 Å². The van der Waals surface area contributed by atoms with Gasteiger partial charge in [0.15, 0.2) is 11.6 Å². The molecule has 2 aliphatic rings. The molecule has 1 fully saturated rings. The van der Waals surface area contributed by atoms with Crippen molar-refractivity contribution >= 4 is 17.9 Å². The highest BCUT2D eigenvalue weighted by atomic mass is 16.6. The second-order valence-corrected chi connectivity index (χ2v) is 5.23. The Hall–Kier alpha value is -1.90. The summed E-state index contributed by atoms with van der Waals surface area (Å²) in [5, 5.41) is 0. The fraction of sp³-hybridized carbons (Fsp3) is 0.333. The molecule has 18 heavy (non-hydrogen) atoms. The van der Waals surface area contributed by atoms with Crippen LogP contribution >= 0.6 is 0 Å². The summed E-state index contributed by atoms with van der Waals surface area (Å²) in [6.07, 6.45) is 4.30. The van der Waals surface area contributed by atoms with Gasteiger partial charge in [-0.2, -0.15) is 0 Å². The van der Waals surface area contributed by atoms with Gasteiger partial charge < -0.3 is 4.74 Å². The molecule has 1 saturated carbocycles. The Kier molecular flexibility index (Phi) is 2.37. The molecular formula is C15H15NO2. The second-order valence-electron chi connectivity index (χ2n) is 5.23. The van der Waals surface area contributed by atoms with Gasteiger partial charge in [0.25, 0.3) is 0 Å². The molecule has 0 amide bonds. The number of nitrogens with zero attached hydrogens (tertiary/aromatic N) is 1. The summed E-state index contributed by atoms with van der Waals surface area (Å²) in [6, 6.07) is 8.33. The first kappa shape index (κ1) is 11.2. The number of aliphatic imine (C=N–C) groups is 1. The maximum Gasteiger partial charge on any atom is 0.363 e. The van der Waals surface area contributed by atoms with E-state index < -0.39 is 0 Å². The highest BCUT2D eigenvalue weighted by Gasteiger charge is 2.38. The third kappa shape index (κ3) is 1.96. The lowest BCUT2D eigenvalue weighted by atomic mass is 9.97. The zero-order chi connectivity index (χ0) is 12.8. The van der Waals surface area contributed by atoms with E-state index in [4.69, 9.17) is 4.74 Å². The number of rotatable bonds is 2. The molecule has 0 atom stereocenters. The molecule has 0 unspecified atom stereocenters. The zero-order valence-electron chi connectivity index (χ0n) is 10.6. The maximum absolute atomic E-state index is 11.4. The Labute approximate surface area is 106 Å². The van der Waals surface area contributed by atoms with Crippen molar-refractivity contribution in [3.8, 4) is 0 Å². The largest absolute Gasteiger partial charge is 0.407 e. The van der Waals surface area contributed by atoms with Crippen molar-refractivity contribution in [2.24, 2.45) is 4.99 Å². The fourth-order valence-corrected chi connectivity index (χ4v) is 2.13. The molecule has 3 nitrogen and oxygen atoms in total. The third-order valence-corrected chi connectivity index (χ3v) is 3.64. The van der Waals surface area contributed by atoms with Crippen molar-refractivity contribution in [2.75, 3.05) is 0 Å². The Morgan fingerprint density at radius 3 is 2.44 bits per heavy atom. The van der Waals surface area contributed by atoms with Crippen LogP contribution in [0.25, 0.3) is 6.08 Å². The SMILES string of the molecule is CC1=N/C(=C\c2ccc(C3(C)CC3)cc2)C(=O)O1. The van der Waals surface area contributed by atoms with Gasteiger partial charge in [-0.05, 0) is 35.5 Å². The minimum atomic E-state index is -0.370. The van der Waals surface area contributed by atoms with Gasteiger partial charge in [0.1, 0.15) is 0 Å². The van der Waals surface area contributed by atoms with Gasteiger partial charge in [-0.1, -0.05) is 31.2 Å². The molecule has 1 aliphatic carbocycles. The van der Waals surface area contributed by atoms with Crippen LogP contribution in [0.3, 0.4) is 0 Å². The Morgan fingerprint density at radius 2 is 1.94 bits per heavy atom. The lowest BCUT2D eigenvalue weighted by Crippen LogP contribution is -2.00. The van der Waals surface area contributed by atoms with E-state index in [0.29, 0.717) is 17.0 Å². The highest BCUT2D eigenvalue weighted by molar-refractivity contribution is 6.06. The fourth-order valence-electron chi connectivity index (χ4n) is 2.13. The molecule has 1 aromatic carbocycles. The molecule has 0 spiro atoms. The van der Waals surface area contributed by atoms with Crippen LogP contribution < -0.4 is 0 Å². The quantitative estimate of drug-likeness (QED) is 0.589. The molecule has 0 radical (unpaired) electrons. The number of hydrogen-bond acceptors (Lipinski definition) is 3. The van der Waals surface area contributed by atoms with Crippen LogP contribution in [0.15, 0.2) is 35.0 Å². The van der Waals surface area contributed by atoms with Crippen LogP contribution in [0.5, 0.6) is 0 Å². The Morgan fingerprint density at radius 1 is 1.28 bits per heavy atom. The first-order valence-electron chi connectivity index (χ1n) is 6.17. The Balaban J connectivity index is 1.86. The number of cyclic esters (lactones) is 1. The van der Waals surface area contributed by atoms with Crippen molar-refractivity contribution < 1.29 is 9.53 Å². The smallest absolute Gasteiger partial charge is 0.363 e. The molecule has 0 N–H and O–H groups in total. The van der Waals surface area contributed by atoms with Crippen LogP contribution in [0, 0.1) is 0 Å². The summed E-state index contributed by atoms with van der Waals surface area (Å²) < 4.78 is 4.88. The first-order chi connectivity index (χ1) is 8.57. The maximum atomic E-state index is 11.4. The molecule has 0 bridgehead atoms. The van der Waals surface area contributed by atoms with E-state index in [1.165, 1.54) is 18.4 Å². The van der Waals surface area contributed by atoms with E-state index >= 15 is 0 Å². The minimum Gasteiger partial charge on any atom is -0.407 e. The van der Waals surface area contributed by atoms with Crippen LogP contribution in [-0.2, 0) is 14.9 Å². The van der Waals surface area contributed by atoms with Gasteiger partial charge in [-0.3, -0.25) is 0 Å². The number of carbonyl (C=O) groups excluding carboxylic acids is 1. The van der Waals surface area contributed by atoms with E-state index in [1.807, 2.05) is 12.1 Å². The number of esters is 1. The number of ether oxygens (including phenoxy) is 1.